The highest BCUT2D eigenvalue weighted by Gasteiger charge is 2.18. The third-order valence-electron chi connectivity index (χ3n) is 7.04. The Morgan fingerprint density at radius 2 is 1.57 bits per heavy atom. The number of amidine groups is 1. The Bertz CT molecular complexity index is 1510. The molecule has 0 bridgehead atoms. The van der Waals surface area contributed by atoms with Crippen molar-refractivity contribution < 1.29 is 23.9 Å². The number of benzene rings is 2. The fourth-order valence-electron chi connectivity index (χ4n) is 4.36. The van der Waals surface area contributed by atoms with Crippen LogP contribution in [0.1, 0.15) is 78.1 Å². The molecule has 4 N–H and O–H groups in total. The van der Waals surface area contributed by atoms with E-state index in [2.05, 4.69) is 20.9 Å². The number of nitrogens with one attached hydrogen (secondary N) is 4. The zero-order valence-electron chi connectivity index (χ0n) is 26.5. The summed E-state index contributed by atoms with van der Waals surface area (Å²) in [5, 5.41) is 16.8. The molecule has 0 saturated heterocycles. The molecule has 0 unspecified atom stereocenters. The average molecular weight is 649 g/mol. The van der Waals surface area contributed by atoms with Crippen LogP contribution in [0, 0.1) is 5.41 Å². The molecule has 3 amide bonds. The van der Waals surface area contributed by atoms with Gasteiger partial charge in [-0.2, -0.15) is 0 Å². The maximum Gasteiger partial charge on any atom is 0.259 e. The normalized spacial score (nSPS) is 10.5. The number of unbranched alkanes of at least 4 members (excludes halogenated alkanes) is 4. The molecule has 3 rings (SSSR count). The van der Waals surface area contributed by atoms with Gasteiger partial charge in [-0.3, -0.25) is 24.6 Å². The Labute approximate surface area is 274 Å². The van der Waals surface area contributed by atoms with Crippen LogP contribution >= 0.6 is 11.6 Å². The van der Waals surface area contributed by atoms with Crippen molar-refractivity contribution in [2.75, 3.05) is 37.9 Å². The van der Waals surface area contributed by atoms with Gasteiger partial charge in [-0.05, 0) is 55.3 Å². The second-order valence-electron chi connectivity index (χ2n) is 10.8. The molecule has 1 aromatic heterocycles. The number of rotatable bonds is 17. The van der Waals surface area contributed by atoms with E-state index in [4.69, 9.17) is 21.7 Å². The first kappa shape index (κ1) is 35.7. The van der Waals surface area contributed by atoms with E-state index in [9.17, 15) is 19.2 Å². The number of pyridine rings is 1. The van der Waals surface area contributed by atoms with E-state index in [0.29, 0.717) is 47.2 Å². The second-order valence-corrected chi connectivity index (χ2v) is 11.3. The van der Waals surface area contributed by atoms with E-state index >= 15 is 0 Å². The van der Waals surface area contributed by atoms with Crippen LogP contribution in [-0.4, -0.2) is 66.5 Å². The van der Waals surface area contributed by atoms with E-state index in [1.165, 1.54) is 18.3 Å². The lowest BCUT2D eigenvalue weighted by atomic mass is 10.1. The Morgan fingerprint density at radius 3 is 2.24 bits per heavy atom. The molecule has 12 heteroatoms. The van der Waals surface area contributed by atoms with Crippen LogP contribution in [0.5, 0.6) is 5.75 Å². The lowest BCUT2D eigenvalue weighted by Gasteiger charge is -2.15. The van der Waals surface area contributed by atoms with Crippen molar-refractivity contribution in [1.29, 1.82) is 5.41 Å². The van der Waals surface area contributed by atoms with Crippen LogP contribution in [0.3, 0.4) is 0 Å². The number of ketones is 1. The average Bonchev–Trinajstić information content (AvgIpc) is 3.05. The van der Waals surface area contributed by atoms with Gasteiger partial charge >= 0.3 is 0 Å². The van der Waals surface area contributed by atoms with Crippen molar-refractivity contribution in [2.45, 2.75) is 51.9 Å². The quantitative estimate of drug-likeness (QED) is 0.0802. The van der Waals surface area contributed by atoms with Crippen molar-refractivity contribution in [3.63, 3.8) is 0 Å². The van der Waals surface area contributed by atoms with E-state index in [1.807, 2.05) is 6.92 Å². The fraction of sp³-hybridized carbons (Fsp3) is 0.353. The lowest BCUT2D eigenvalue weighted by Crippen LogP contribution is -2.29. The summed E-state index contributed by atoms with van der Waals surface area (Å²) in [6.07, 6.45) is 7.32. The number of hydrogen-bond donors (Lipinski definition) is 4. The molecule has 0 aliphatic rings. The molecule has 2 aromatic carbocycles. The van der Waals surface area contributed by atoms with E-state index < -0.39 is 11.8 Å². The summed E-state index contributed by atoms with van der Waals surface area (Å²) in [4.78, 5) is 55.9. The third kappa shape index (κ3) is 11.6. The molecule has 46 heavy (non-hydrogen) atoms. The van der Waals surface area contributed by atoms with Crippen molar-refractivity contribution in [3.8, 4) is 5.75 Å². The minimum absolute atomic E-state index is 0.0923. The fourth-order valence-corrected chi connectivity index (χ4v) is 4.47. The maximum absolute atomic E-state index is 13.3. The van der Waals surface area contributed by atoms with Gasteiger partial charge in [0.15, 0.2) is 6.61 Å². The van der Waals surface area contributed by atoms with Crippen LogP contribution in [0.15, 0.2) is 60.8 Å². The van der Waals surface area contributed by atoms with Gasteiger partial charge in [0.1, 0.15) is 23.2 Å². The Kier molecular flexibility index (Phi) is 14.2. The Balaban J connectivity index is 1.62. The Morgan fingerprint density at radius 1 is 0.870 bits per heavy atom. The van der Waals surface area contributed by atoms with Gasteiger partial charge in [0.05, 0.1) is 16.3 Å². The summed E-state index contributed by atoms with van der Waals surface area (Å²) in [6, 6.07) is 14.2. The summed E-state index contributed by atoms with van der Waals surface area (Å²) in [5.74, 6) is -0.200. The first-order valence-corrected chi connectivity index (χ1v) is 15.6. The van der Waals surface area contributed by atoms with Gasteiger partial charge in [0, 0.05) is 50.8 Å². The predicted molar refractivity (Wildman–Crippen MR) is 180 cm³/mol. The molecule has 11 nitrogen and oxygen atoms in total. The number of Topliss-reactive ketones (excluding diaryl/α,β-unsaturated/α-hetero) is 1. The number of hydrogen-bond acceptors (Lipinski definition) is 7. The standard InChI is InChI=1S/C34H41ClN6O5/c1-4-26(42)10-8-6-5-7-9-19-37-31(43)22-46-27-16-17-29(28(20-27)34(45)40-30-18-15-25(35)21-38-30)39-33(44)24-13-11-23(12-14-24)32(36)41(2)3/h11-18,20-21,36H,4-10,19,22H2,1-3H3,(H,37,43)(H,39,44)(H,38,40,45). The molecular formula is C34H41ClN6O5. The number of ether oxygens (including phenoxy) is 1. The summed E-state index contributed by atoms with van der Waals surface area (Å²) >= 11 is 5.91. The molecule has 0 fully saturated rings. The number of amides is 3. The van der Waals surface area contributed by atoms with Crippen LogP contribution in [0.25, 0.3) is 0 Å². The first-order chi connectivity index (χ1) is 22.1. The van der Waals surface area contributed by atoms with Gasteiger partial charge in [-0.15, -0.1) is 0 Å². The molecule has 0 aliphatic heterocycles. The molecule has 0 saturated carbocycles. The van der Waals surface area contributed by atoms with Crippen LogP contribution in [0.2, 0.25) is 5.02 Å². The van der Waals surface area contributed by atoms with Crippen LogP contribution in [-0.2, 0) is 9.59 Å². The molecule has 0 radical (unpaired) electrons. The maximum atomic E-state index is 13.3. The van der Waals surface area contributed by atoms with Crippen molar-refractivity contribution >= 4 is 52.4 Å². The summed E-state index contributed by atoms with van der Waals surface area (Å²) in [7, 11) is 3.53. The SMILES string of the molecule is CCC(=O)CCCCCCCNC(=O)COc1ccc(NC(=O)c2ccc(C(=N)N(C)C)cc2)c(C(=O)Nc2ccc(Cl)cn2)c1. The van der Waals surface area contributed by atoms with Gasteiger partial charge in [0.2, 0.25) is 0 Å². The summed E-state index contributed by atoms with van der Waals surface area (Å²) in [6.45, 7) is 2.14. The van der Waals surface area contributed by atoms with E-state index in [-0.39, 0.29) is 35.3 Å². The van der Waals surface area contributed by atoms with Gasteiger partial charge < -0.3 is 25.6 Å². The number of aromatic nitrogens is 1. The topological polar surface area (TPSA) is 154 Å². The molecule has 1 heterocycles. The highest BCUT2D eigenvalue weighted by Crippen LogP contribution is 2.25. The lowest BCUT2D eigenvalue weighted by molar-refractivity contribution is -0.123. The third-order valence-corrected chi connectivity index (χ3v) is 7.26. The van der Waals surface area contributed by atoms with Gasteiger partial charge in [-0.25, -0.2) is 4.98 Å². The number of halogens is 1. The molecule has 3 aromatic rings. The molecule has 0 aliphatic carbocycles. The molecular weight excluding hydrogens is 608 g/mol. The monoisotopic (exact) mass is 648 g/mol. The highest BCUT2D eigenvalue weighted by molar-refractivity contribution is 6.30. The van der Waals surface area contributed by atoms with Crippen molar-refractivity contribution in [3.05, 3.63) is 82.5 Å². The smallest absolute Gasteiger partial charge is 0.259 e. The predicted octanol–water partition coefficient (Wildman–Crippen LogP) is 5.94. The zero-order valence-corrected chi connectivity index (χ0v) is 27.2. The Hall–Kier alpha value is -4.77. The number of carbonyl (C=O) groups excluding carboxylic acids is 4. The number of carbonyl (C=O) groups is 4. The largest absolute Gasteiger partial charge is 0.484 e. The van der Waals surface area contributed by atoms with Gasteiger partial charge in [0.25, 0.3) is 17.7 Å². The van der Waals surface area contributed by atoms with Crippen LogP contribution in [0.4, 0.5) is 11.5 Å². The van der Waals surface area contributed by atoms with Gasteiger partial charge in [-0.1, -0.05) is 49.9 Å². The first-order valence-electron chi connectivity index (χ1n) is 15.2. The molecule has 244 valence electrons. The zero-order chi connectivity index (χ0) is 33.5. The molecule has 0 spiro atoms. The minimum Gasteiger partial charge on any atom is -0.484 e. The van der Waals surface area contributed by atoms with Crippen molar-refractivity contribution in [1.82, 2.24) is 15.2 Å². The van der Waals surface area contributed by atoms with E-state index in [0.717, 1.165) is 32.1 Å². The molecule has 0 atom stereocenters. The van der Waals surface area contributed by atoms with E-state index in [1.54, 1.807) is 61.5 Å². The van der Waals surface area contributed by atoms with Crippen LogP contribution < -0.4 is 20.7 Å². The second kappa shape index (κ2) is 18.3. The summed E-state index contributed by atoms with van der Waals surface area (Å²) in [5.41, 5.74) is 1.30. The highest BCUT2D eigenvalue weighted by atomic mass is 35.5. The minimum atomic E-state index is -0.561. The van der Waals surface area contributed by atoms with Crippen molar-refractivity contribution in [2.24, 2.45) is 0 Å². The number of nitrogens with zero attached hydrogens (tertiary/aromatic N) is 2. The summed E-state index contributed by atoms with van der Waals surface area (Å²) < 4.78 is 5.67. The number of anilines is 2.